The highest BCUT2D eigenvalue weighted by Gasteiger charge is 2.25. The van der Waals surface area contributed by atoms with Gasteiger partial charge in [-0.25, -0.2) is 4.68 Å². The van der Waals surface area contributed by atoms with Gasteiger partial charge in [0.2, 0.25) is 5.91 Å². The Labute approximate surface area is 158 Å². The third-order valence-corrected chi connectivity index (χ3v) is 4.79. The van der Waals surface area contributed by atoms with E-state index in [1.165, 1.54) is 0 Å². The molecule has 1 aromatic heterocycles. The van der Waals surface area contributed by atoms with Gasteiger partial charge in [-0.1, -0.05) is 18.2 Å². The van der Waals surface area contributed by atoms with Crippen molar-refractivity contribution in [1.82, 2.24) is 20.0 Å². The molecule has 0 unspecified atom stereocenters. The lowest BCUT2D eigenvalue weighted by molar-refractivity contribution is -0.127. The van der Waals surface area contributed by atoms with E-state index in [0.29, 0.717) is 42.9 Å². The molecule has 0 radical (unpaired) electrons. The van der Waals surface area contributed by atoms with E-state index < -0.39 is 11.7 Å². The summed E-state index contributed by atoms with van der Waals surface area (Å²) in [5.74, 6) is -1.05. The molecule has 1 N–H and O–H groups in total. The molecule has 7 heteroatoms. The molecule has 1 fully saturated rings. The number of aromatic nitrogens is 2. The van der Waals surface area contributed by atoms with E-state index in [1.54, 1.807) is 23.4 Å². The highest BCUT2D eigenvalue weighted by atomic mass is 16.2. The van der Waals surface area contributed by atoms with E-state index in [-0.39, 0.29) is 5.91 Å². The molecule has 1 saturated heterocycles. The lowest BCUT2D eigenvalue weighted by Crippen LogP contribution is -2.34. The molecule has 27 heavy (non-hydrogen) atoms. The van der Waals surface area contributed by atoms with Crippen LogP contribution in [-0.4, -0.2) is 51.9 Å². The first-order valence-corrected chi connectivity index (χ1v) is 9.21. The van der Waals surface area contributed by atoms with E-state index in [0.717, 1.165) is 18.7 Å². The number of likely N-dealkylation sites (tertiary alicyclic amines) is 1. The lowest BCUT2D eigenvalue weighted by Gasteiger charge is -2.15. The topological polar surface area (TPSA) is 84.3 Å². The van der Waals surface area contributed by atoms with Gasteiger partial charge in [0.25, 0.3) is 11.7 Å². The molecule has 1 aromatic carbocycles. The van der Waals surface area contributed by atoms with Crippen LogP contribution in [0.25, 0.3) is 5.69 Å². The molecule has 0 saturated carbocycles. The predicted octanol–water partition coefficient (Wildman–Crippen LogP) is 1.80. The van der Waals surface area contributed by atoms with E-state index in [4.69, 9.17) is 0 Å². The van der Waals surface area contributed by atoms with Crippen LogP contribution in [0.3, 0.4) is 0 Å². The quantitative estimate of drug-likeness (QED) is 0.459. The maximum absolute atomic E-state index is 12.6. The molecule has 7 nitrogen and oxygen atoms in total. The predicted molar refractivity (Wildman–Crippen MR) is 101 cm³/mol. The van der Waals surface area contributed by atoms with Crippen molar-refractivity contribution in [3.8, 4) is 5.69 Å². The number of aryl methyl sites for hydroxylation is 1. The second-order valence-corrected chi connectivity index (χ2v) is 6.72. The van der Waals surface area contributed by atoms with Crippen LogP contribution in [0.5, 0.6) is 0 Å². The Morgan fingerprint density at radius 2 is 1.93 bits per heavy atom. The summed E-state index contributed by atoms with van der Waals surface area (Å²) in [4.78, 5) is 38.2. The first kappa shape index (κ1) is 18.8. The maximum Gasteiger partial charge on any atom is 0.292 e. The minimum Gasteiger partial charge on any atom is -0.349 e. The van der Waals surface area contributed by atoms with Gasteiger partial charge in [0.15, 0.2) is 0 Å². The average molecular weight is 368 g/mol. The Morgan fingerprint density at radius 1 is 1.19 bits per heavy atom. The van der Waals surface area contributed by atoms with Crippen LogP contribution in [0.2, 0.25) is 0 Å². The van der Waals surface area contributed by atoms with Crippen molar-refractivity contribution in [2.24, 2.45) is 0 Å². The van der Waals surface area contributed by atoms with Crippen molar-refractivity contribution in [2.75, 3.05) is 19.6 Å². The molecule has 2 aromatic rings. The number of rotatable bonds is 7. The highest BCUT2D eigenvalue weighted by molar-refractivity contribution is 6.43. The van der Waals surface area contributed by atoms with Gasteiger partial charge >= 0.3 is 0 Å². The Kier molecular flexibility index (Phi) is 5.69. The summed E-state index contributed by atoms with van der Waals surface area (Å²) in [6, 6.07) is 9.49. The minimum atomic E-state index is -0.637. The smallest absolute Gasteiger partial charge is 0.292 e. The number of benzene rings is 1. The number of hydrogen-bond acceptors (Lipinski definition) is 4. The Bertz CT molecular complexity index is 858. The van der Waals surface area contributed by atoms with Crippen molar-refractivity contribution >= 4 is 17.6 Å². The van der Waals surface area contributed by atoms with Crippen LogP contribution in [0.4, 0.5) is 0 Å². The van der Waals surface area contributed by atoms with Gasteiger partial charge in [0.1, 0.15) is 0 Å². The number of nitrogens with zero attached hydrogens (tertiary/aromatic N) is 3. The van der Waals surface area contributed by atoms with E-state index in [9.17, 15) is 14.4 Å². The minimum absolute atomic E-state index is 0.164. The zero-order valence-corrected chi connectivity index (χ0v) is 15.7. The normalized spacial score (nSPS) is 13.9. The number of ketones is 1. The van der Waals surface area contributed by atoms with E-state index in [1.807, 2.05) is 30.3 Å². The van der Waals surface area contributed by atoms with Crippen LogP contribution in [0.1, 0.15) is 41.0 Å². The summed E-state index contributed by atoms with van der Waals surface area (Å²) < 4.78 is 1.68. The molecule has 0 aliphatic carbocycles. The number of amides is 2. The third kappa shape index (κ3) is 4.07. The van der Waals surface area contributed by atoms with Crippen molar-refractivity contribution in [2.45, 2.75) is 33.1 Å². The summed E-state index contributed by atoms with van der Waals surface area (Å²) in [7, 11) is 0. The second-order valence-electron chi connectivity index (χ2n) is 6.72. The maximum atomic E-state index is 12.6. The fraction of sp³-hybridized carbons (Fsp3) is 0.400. The van der Waals surface area contributed by atoms with Gasteiger partial charge < -0.3 is 10.2 Å². The van der Waals surface area contributed by atoms with Crippen LogP contribution in [-0.2, 0) is 9.59 Å². The number of hydrogen-bond donors (Lipinski definition) is 1. The zero-order chi connectivity index (χ0) is 19.4. The SMILES string of the molecule is Cc1nn(-c2ccccc2)c(C)c1C(=O)C(=O)NCCCN1CCCC1=O. The zero-order valence-electron chi connectivity index (χ0n) is 15.7. The Hall–Kier alpha value is -2.96. The molecule has 0 spiro atoms. The molecule has 2 amide bonds. The largest absolute Gasteiger partial charge is 0.349 e. The van der Waals surface area contributed by atoms with E-state index >= 15 is 0 Å². The number of Topliss-reactive ketones (excluding diaryl/α,β-unsaturated/α-hetero) is 1. The summed E-state index contributed by atoms with van der Waals surface area (Å²) in [6.07, 6.45) is 2.13. The van der Waals surface area contributed by atoms with Crippen molar-refractivity contribution in [3.05, 3.63) is 47.3 Å². The Balaban J connectivity index is 1.61. The molecule has 1 aliphatic heterocycles. The second kappa shape index (κ2) is 8.16. The molecule has 1 aliphatic rings. The molecule has 0 atom stereocenters. The fourth-order valence-electron chi connectivity index (χ4n) is 3.40. The number of nitrogens with one attached hydrogen (secondary N) is 1. The summed E-state index contributed by atoms with van der Waals surface area (Å²) in [5, 5.41) is 7.07. The average Bonchev–Trinajstić information content (AvgIpc) is 3.21. The summed E-state index contributed by atoms with van der Waals surface area (Å²) in [5.41, 5.74) is 2.35. The summed E-state index contributed by atoms with van der Waals surface area (Å²) in [6.45, 7) is 5.26. The van der Waals surface area contributed by atoms with Gasteiger partial charge in [-0.05, 0) is 38.8 Å². The van der Waals surface area contributed by atoms with Crippen LogP contribution in [0.15, 0.2) is 30.3 Å². The number of para-hydroxylation sites is 1. The third-order valence-electron chi connectivity index (χ3n) is 4.79. The molecule has 142 valence electrons. The van der Waals surface area contributed by atoms with Crippen molar-refractivity contribution < 1.29 is 14.4 Å². The fourth-order valence-corrected chi connectivity index (χ4v) is 3.40. The van der Waals surface area contributed by atoms with Gasteiger partial charge in [0, 0.05) is 26.1 Å². The monoisotopic (exact) mass is 368 g/mol. The first-order chi connectivity index (χ1) is 13.0. The molecule has 0 bridgehead atoms. The van der Waals surface area contributed by atoms with Gasteiger partial charge in [-0.15, -0.1) is 0 Å². The lowest BCUT2D eigenvalue weighted by atomic mass is 10.1. The molecule has 2 heterocycles. The standard InChI is InChI=1S/C20H24N4O3/c1-14-18(15(2)24(22-14)16-8-4-3-5-9-16)19(26)20(27)21-11-7-13-23-12-6-10-17(23)25/h3-5,8-9H,6-7,10-13H2,1-2H3,(H,21,27). The molecule has 3 rings (SSSR count). The van der Waals surface area contributed by atoms with Gasteiger partial charge in [-0.2, -0.15) is 5.10 Å². The van der Waals surface area contributed by atoms with Gasteiger partial charge in [-0.3, -0.25) is 14.4 Å². The van der Waals surface area contributed by atoms with Crippen LogP contribution in [0, 0.1) is 13.8 Å². The first-order valence-electron chi connectivity index (χ1n) is 9.21. The van der Waals surface area contributed by atoms with Crippen molar-refractivity contribution in [3.63, 3.8) is 0 Å². The van der Waals surface area contributed by atoms with E-state index in [2.05, 4.69) is 10.4 Å². The Morgan fingerprint density at radius 3 is 2.59 bits per heavy atom. The number of carbonyl (C=O) groups excluding carboxylic acids is 3. The molecular formula is C20H24N4O3. The summed E-state index contributed by atoms with van der Waals surface area (Å²) >= 11 is 0. The number of carbonyl (C=O) groups is 3. The van der Waals surface area contributed by atoms with Crippen LogP contribution >= 0.6 is 0 Å². The molecular weight excluding hydrogens is 344 g/mol. The van der Waals surface area contributed by atoms with Gasteiger partial charge in [0.05, 0.1) is 22.6 Å². The highest BCUT2D eigenvalue weighted by Crippen LogP contribution is 2.18. The van der Waals surface area contributed by atoms with Crippen LogP contribution < -0.4 is 5.32 Å². The van der Waals surface area contributed by atoms with Crippen molar-refractivity contribution in [1.29, 1.82) is 0 Å².